The first-order chi connectivity index (χ1) is 12.6. The second kappa shape index (κ2) is 8.71. The molecule has 136 valence electrons. The Morgan fingerprint density at radius 1 is 1.00 bits per heavy atom. The van der Waals surface area contributed by atoms with Crippen molar-refractivity contribution in [3.8, 4) is 0 Å². The fraction of sp³-hybridized carbons (Fsp3) is 0.368. The molecule has 1 aliphatic heterocycles. The number of thiocarbonyl (C=S) groups is 1. The fourth-order valence-corrected chi connectivity index (χ4v) is 3.14. The number of piperidine rings is 1. The Hall–Kier alpha value is -2.54. The molecule has 1 aromatic carbocycles. The number of hydrogen-bond donors (Lipinski definition) is 2. The van der Waals surface area contributed by atoms with E-state index in [4.69, 9.17) is 12.2 Å². The summed E-state index contributed by atoms with van der Waals surface area (Å²) in [6, 6.07) is 11.8. The molecule has 0 bridgehead atoms. The molecular weight excluding hydrogens is 344 g/mol. The molecule has 2 aromatic rings. The van der Waals surface area contributed by atoms with E-state index >= 15 is 0 Å². The number of para-hydroxylation sites is 1. The number of benzene rings is 1. The van der Waals surface area contributed by atoms with Crippen LogP contribution in [0.2, 0.25) is 0 Å². The van der Waals surface area contributed by atoms with Crippen LogP contribution in [-0.2, 0) is 0 Å². The van der Waals surface area contributed by atoms with Crippen LogP contribution < -0.4 is 10.6 Å². The van der Waals surface area contributed by atoms with Crippen molar-refractivity contribution in [3.63, 3.8) is 0 Å². The summed E-state index contributed by atoms with van der Waals surface area (Å²) in [7, 11) is 0. The lowest BCUT2D eigenvalue weighted by Crippen LogP contribution is -2.41. The third-order valence-electron chi connectivity index (χ3n) is 4.09. The zero-order chi connectivity index (χ0) is 18.4. The van der Waals surface area contributed by atoms with Crippen LogP contribution in [0.25, 0.3) is 0 Å². The molecule has 0 amide bonds. The van der Waals surface area contributed by atoms with Gasteiger partial charge >= 0.3 is 0 Å². The van der Waals surface area contributed by atoms with Crippen LogP contribution >= 0.6 is 12.2 Å². The monoisotopic (exact) mass is 368 g/mol. The normalized spacial score (nSPS) is 14.8. The Bertz CT molecular complexity index is 764. The molecule has 1 aliphatic rings. The van der Waals surface area contributed by atoms with Gasteiger partial charge in [-0.2, -0.15) is 4.99 Å². The molecule has 0 atom stereocenters. The van der Waals surface area contributed by atoms with Gasteiger partial charge in [0.25, 0.3) is 0 Å². The molecule has 6 nitrogen and oxygen atoms in total. The Morgan fingerprint density at radius 3 is 2.31 bits per heavy atom. The highest BCUT2D eigenvalue weighted by atomic mass is 32.1. The summed E-state index contributed by atoms with van der Waals surface area (Å²) in [4.78, 5) is 15.8. The summed E-state index contributed by atoms with van der Waals surface area (Å²) >= 11 is 5.44. The Labute approximate surface area is 159 Å². The number of likely N-dealkylation sites (tertiary alicyclic amines) is 1. The molecule has 1 saturated heterocycles. The number of hydrogen-bond acceptors (Lipinski definition) is 3. The van der Waals surface area contributed by atoms with Crippen molar-refractivity contribution in [1.82, 2.24) is 14.9 Å². The number of rotatable bonds is 2. The molecule has 2 N–H and O–H groups in total. The van der Waals surface area contributed by atoms with Gasteiger partial charge in [-0.3, -0.25) is 5.32 Å². The number of aryl methyl sites for hydroxylation is 2. The van der Waals surface area contributed by atoms with Crippen LogP contribution in [0.5, 0.6) is 0 Å². The lowest BCUT2D eigenvalue weighted by atomic mass is 10.1. The van der Waals surface area contributed by atoms with E-state index < -0.39 is 0 Å². The molecule has 26 heavy (non-hydrogen) atoms. The number of nitrogens with zero attached hydrogens (tertiary/aromatic N) is 4. The second-order valence-electron chi connectivity index (χ2n) is 6.38. The van der Waals surface area contributed by atoms with Crippen molar-refractivity contribution in [2.45, 2.75) is 33.1 Å². The highest BCUT2D eigenvalue weighted by molar-refractivity contribution is 7.80. The smallest absolute Gasteiger partial charge is 0.229 e. The van der Waals surface area contributed by atoms with Crippen molar-refractivity contribution in [3.05, 3.63) is 47.8 Å². The maximum absolute atomic E-state index is 5.44. The molecule has 0 saturated carbocycles. The van der Waals surface area contributed by atoms with Gasteiger partial charge in [-0.25, -0.2) is 9.97 Å². The summed E-state index contributed by atoms with van der Waals surface area (Å²) < 4.78 is 0. The van der Waals surface area contributed by atoms with E-state index in [2.05, 4.69) is 30.5 Å². The van der Waals surface area contributed by atoms with Gasteiger partial charge in [-0.1, -0.05) is 18.2 Å². The summed E-state index contributed by atoms with van der Waals surface area (Å²) in [5.74, 6) is 1.25. The van der Waals surface area contributed by atoms with Gasteiger partial charge in [0.1, 0.15) is 0 Å². The molecule has 3 rings (SSSR count). The van der Waals surface area contributed by atoms with Crippen molar-refractivity contribution in [2.75, 3.05) is 23.7 Å². The molecule has 0 radical (unpaired) electrons. The summed E-state index contributed by atoms with van der Waals surface area (Å²) in [5.41, 5.74) is 2.76. The van der Waals surface area contributed by atoms with E-state index in [1.165, 1.54) is 6.42 Å². The van der Waals surface area contributed by atoms with Gasteiger partial charge in [0.05, 0.1) is 0 Å². The highest BCUT2D eigenvalue weighted by Crippen LogP contribution is 2.12. The molecular formula is C19H24N6S. The molecule has 7 heteroatoms. The fourth-order valence-electron chi connectivity index (χ4n) is 2.93. The molecule has 2 heterocycles. The van der Waals surface area contributed by atoms with E-state index in [0.717, 1.165) is 43.0 Å². The summed E-state index contributed by atoms with van der Waals surface area (Å²) in [6.07, 6.45) is 3.54. The van der Waals surface area contributed by atoms with Crippen LogP contribution in [0.3, 0.4) is 0 Å². The van der Waals surface area contributed by atoms with Gasteiger partial charge in [0.15, 0.2) is 0 Å². The third-order valence-corrected chi connectivity index (χ3v) is 4.29. The summed E-state index contributed by atoms with van der Waals surface area (Å²) in [5, 5.41) is 6.84. The first-order valence-electron chi connectivity index (χ1n) is 8.89. The Balaban J connectivity index is 1.81. The van der Waals surface area contributed by atoms with Crippen molar-refractivity contribution < 1.29 is 0 Å². The molecule has 0 spiro atoms. The Morgan fingerprint density at radius 2 is 1.65 bits per heavy atom. The molecule has 1 aromatic heterocycles. The largest absolute Gasteiger partial charge is 0.342 e. The minimum atomic E-state index is 0.411. The second-order valence-corrected chi connectivity index (χ2v) is 6.77. The minimum absolute atomic E-state index is 0.411. The lowest BCUT2D eigenvalue weighted by molar-refractivity contribution is 0.341. The number of aromatic nitrogens is 2. The predicted molar refractivity (Wildman–Crippen MR) is 111 cm³/mol. The van der Waals surface area contributed by atoms with E-state index in [0.29, 0.717) is 17.0 Å². The zero-order valence-corrected chi connectivity index (χ0v) is 16.0. The SMILES string of the molecule is Cc1cc(C)nc(NC(=NC(=S)Nc2ccccc2)N2CCCCC2)n1. The first-order valence-corrected chi connectivity index (χ1v) is 9.30. The van der Waals surface area contributed by atoms with Gasteiger partial charge < -0.3 is 10.2 Å². The maximum atomic E-state index is 5.44. The number of anilines is 2. The van der Waals surface area contributed by atoms with Crippen LogP contribution in [0.1, 0.15) is 30.7 Å². The number of aliphatic imine (C=N–C) groups is 1. The third kappa shape index (κ3) is 5.23. The van der Waals surface area contributed by atoms with E-state index in [9.17, 15) is 0 Å². The maximum Gasteiger partial charge on any atom is 0.229 e. The lowest BCUT2D eigenvalue weighted by Gasteiger charge is -2.29. The average Bonchev–Trinajstić information content (AvgIpc) is 2.62. The minimum Gasteiger partial charge on any atom is -0.342 e. The van der Waals surface area contributed by atoms with Gasteiger partial charge in [0, 0.05) is 30.2 Å². The van der Waals surface area contributed by atoms with E-state index in [-0.39, 0.29) is 0 Å². The van der Waals surface area contributed by atoms with Crippen LogP contribution in [-0.4, -0.2) is 39.0 Å². The van der Waals surface area contributed by atoms with Crippen LogP contribution in [0, 0.1) is 13.8 Å². The van der Waals surface area contributed by atoms with Crippen molar-refractivity contribution in [2.24, 2.45) is 4.99 Å². The predicted octanol–water partition coefficient (Wildman–Crippen LogP) is 3.74. The summed E-state index contributed by atoms with van der Waals surface area (Å²) in [6.45, 7) is 5.81. The Kier molecular flexibility index (Phi) is 6.12. The van der Waals surface area contributed by atoms with Gasteiger partial charge in [0.2, 0.25) is 17.0 Å². The van der Waals surface area contributed by atoms with Crippen molar-refractivity contribution in [1.29, 1.82) is 0 Å². The quantitative estimate of drug-likeness (QED) is 0.478. The topological polar surface area (TPSA) is 65.4 Å². The van der Waals surface area contributed by atoms with Crippen molar-refractivity contribution >= 4 is 34.9 Å². The van der Waals surface area contributed by atoms with Gasteiger partial charge in [-0.05, 0) is 63.5 Å². The number of guanidine groups is 1. The standard InChI is InChI=1S/C19H24N6S/c1-14-13-15(2)21-17(20-14)23-18(25-11-7-4-8-12-25)24-19(26)22-16-9-5-3-6-10-16/h3,5-6,9-10,13H,4,7-8,11-12H2,1-2H3,(H2,20,21,22,23,24,26). The zero-order valence-electron chi connectivity index (χ0n) is 15.2. The van der Waals surface area contributed by atoms with E-state index in [1.54, 1.807) is 0 Å². The molecule has 0 aliphatic carbocycles. The highest BCUT2D eigenvalue weighted by Gasteiger charge is 2.17. The first kappa shape index (κ1) is 18.3. The average molecular weight is 369 g/mol. The van der Waals surface area contributed by atoms with Gasteiger partial charge in [-0.15, -0.1) is 0 Å². The number of nitrogens with one attached hydrogen (secondary N) is 2. The molecule has 1 fully saturated rings. The molecule has 0 unspecified atom stereocenters. The van der Waals surface area contributed by atoms with Crippen LogP contribution in [0.4, 0.5) is 11.6 Å². The van der Waals surface area contributed by atoms with Crippen LogP contribution in [0.15, 0.2) is 41.4 Å². The van der Waals surface area contributed by atoms with E-state index in [1.807, 2.05) is 50.2 Å².